The molecule has 10 heteroatoms. The summed E-state index contributed by atoms with van der Waals surface area (Å²) in [6, 6.07) is 23.5. The highest BCUT2D eigenvalue weighted by Gasteiger charge is 2.16. The van der Waals surface area contributed by atoms with Gasteiger partial charge in [-0.25, -0.2) is 14.8 Å². The van der Waals surface area contributed by atoms with Gasteiger partial charge in [0.2, 0.25) is 5.88 Å². The Morgan fingerprint density at radius 1 is 0.900 bits per heavy atom. The summed E-state index contributed by atoms with van der Waals surface area (Å²) < 4.78 is 5.03. The van der Waals surface area contributed by atoms with Crippen LogP contribution in [0.15, 0.2) is 96.1 Å². The van der Waals surface area contributed by atoms with Gasteiger partial charge in [-0.3, -0.25) is 9.78 Å². The second-order valence-electron chi connectivity index (χ2n) is 8.90. The summed E-state index contributed by atoms with van der Waals surface area (Å²) in [5.74, 6) is 0.416. The molecule has 9 nitrogen and oxygen atoms in total. The van der Waals surface area contributed by atoms with Crippen molar-refractivity contribution in [2.24, 2.45) is 0 Å². The number of fused-ring (bicyclic) bond motifs is 2. The average Bonchev–Trinajstić information content (AvgIpc) is 2.98. The van der Waals surface area contributed by atoms with Gasteiger partial charge in [0.1, 0.15) is 11.3 Å². The third kappa shape index (κ3) is 4.93. The number of benzene rings is 2. The van der Waals surface area contributed by atoms with E-state index in [2.05, 4.69) is 25.6 Å². The van der Waals surface area contributed by atoms with Gasteiger partial charge in [-0.05, 0) is 42.0 Å². The number of nitrogens with zero attached hydrogens (tertiary/aromatic N) is 3. The van der Waals surface area contributed by atoms with Crippen LogP contribution in [0.2, 0.25) is 5.02 Å². The molecule has 0 saturated carbocycles. The molecule has 6 rings (SSSR count). The number of hydrogen-bond donors (Lipinski definition) is 3. The summed E-state index contributed by atoms with van der Waals surface area (Å²) in [5, 5.41) is 7.28. The predicted octanol–water partition coefficient (Wildman–Crippen LogP) is 6.51. The molecule has 0 radical (unpaired) electrons. The molecule has 0 saturated heterocycles. The molecule has 0 unspecified atom stereocenters. The van der Waals surface area contributed by atoms with Crippen LogP contribution in [-0.2, 0) is 0 Å². The quantitative estimate of drug-likeness (QED) is 0.226. The lowest BCUT2D eigenvalue weighted by atomic mass is 9.97. The number of halogens is 1. The van der Waals surface area contributed by atoms with Crippen LogP contribution in [0.3, 0.4) is 0 Å². The van der Waals surface area contributed by atoms with Crippen molar-refractivity contribution in [3.05, 3.63) is 107 Å². The molecule has 6 aromatic rings. The number of aromatic amines is 1. The molecule has 0 bridgehead atoms. The van der Waals surface area contributed by atoms with Gasteiger partial charge >= 0.3 is 6.03 Å². The number of rotatable bonds is 5. The van der Waals surface area contributed by atoms with E-state index in [1.165, 1.54) is 13.3 Å². The first kappa shape index (κ1) is 25.0. The zero-order valence-electron chi connectivity index (χ0n) is 21.1. The van der Waals surface area contributed by atoms with Crippen molar-refractivity contribution in [2.45, 2.75) is 0 Å². The Balaban J connectivity index is 1.43. The minimum atomic E-state index is -0.597. The monoisotopic (exact) mass is 548 g/mol. The van der Waals surface area contributed by atoms with Gasteiger partial charge in [-0.15, -0.1) is 0 Å². The third-order valence-corrected chi connectivity index (χ3v) is 6.58. The fourth-order valence-corrected chi connectivity index (χ4v) is 4.70. The van der Waals surface area contributed by atoms with E-state index >= 15 is 0 Å². The Morgan fingerprint density at radius 2 is 1.75 bits per heavy atom. The van der Waals surface area contributed by atoms with Crippen LogP contribution < -0.4 is 20.9 Å². The Morgan fingerprint density at radius 3 is 2.52 bits per heavy atom. The van der Waals surface area contributed by atoms with Crippen LogP contribution in [0.25, 0.3) is 44.3 Å². The van der Waals surface area contributed by atoms with Gasteiger partial charge in [-0.1, -0.05) is 48.0 Å². The SMILES string of the molecule is COc1ccc(NC(=O)Nc2cc3cc(-c4cc(Cl)c5ncccc5c4)c(-c4ccccc4)nc3[nH]c2=O)cn1. The lowest BCUT2D eigenvalue weighted by Crippen LogP contribution is -2.24. The largest absolute Gasteiger partial charge is 0.481 e. The molecule has 196 valence electrons. The molecule has 0 aliphatic carbocycles. The topological polar surface area (TPSA) is 122 Å². The van der Waals surface area contributed by atoms with Gasteiger partial charge in [0.25, 0.3) is 5.56 Å². The van der Waals surface area contributed by atoms with Crippen molar-refractivity contribution in [3.8, 4) is 28.3 Å². The molecule has 0 fully saturated rings. The zero-order chi connectivity index (χ0) is 27.6. The Kier molecular flexibility index (Phi) is 6.55. The number of nitrogens with one attached hydrogen (secondary N) is 3. The number of amides is 2. The molecule has 0 spiro atoms. The summed E-state index contributed by atoms with van der Waals surface area (Å²) in [7, 11) is 1.50. The van der Waals surface area contributed by atoms with E-state index in [0.29, 0.717) is 38.8 Å². The average molecular weight is 549 g/mol. The minimum Gasteiger partial charge on any atom is -0.481 e. The molecule has 0 aliphatic rings. The van der Waals surface area contributed by atoms with Gasteiger partial charge in [0.15, 0.2) is 0 Å². The van der Waals surface area contributed by atoms with Crippen molar-refractivity contribution in [1.82, 2.24) is 19.9 Å². The molecular weight excluding hydrogens is 528 g/mol. The summed E-state index contributed by atoms with van der Waals surface area (Å²) in [4.78, 5) is 41.6. The first-order valence-electron chi connectivity index (χ1n) is 12.2. The lowest BCUT2D eigenvalue weighted by Gasteiger charge is -2.14. The van der Waals surface area contributed by atoms with Crippen molar-refractivity contribution < 1.29 is 9.53 Å². The van der Waals surface area contributed by atoms with E-state index in [9.17, 15) is 9.59 Å². The normalized spacial score (nSPS) is 10.9. The summed E-state index contributed by atoms with van der Waals surface area (Å²) in [6.07, 6.45) is 3.15. The summed E-state index contributed by atoms with van der Waals surface area (Å²) in [6.45, 7) is 0. The van der Waals surface area contributed by atoms with Crippen molar-refractivity contribution in [3.63, 3.8) is 0 Å². The van der Waals surface area contributed by atoms with E-state index in [1.807, 2.05) is 60.7 Å². The number of aromatic nitrogens is 4. The van der Waals surface area contributed by atoms with E-state index in [4.69, 9.17) is 21.3 Å². The molecule has 2 amide bonds. The van der Waals surface area contributed by atoms with Crippen LogP contribution >= 0.6 is 11.6 Å². The van der Waals surface area contributed by atoms with E-state index in [1.54, 1.807) is 24.4 Å². The van der Waals surface area contributed by atoms with Crippen molar-refractivity contribution in [1.29, 1.82) is 0 Å². The fourth-order valence-electron chi connectivity index (χ4n) is 4.43. The fraction of sp³-hybridized carbons (Fsp3) is 0.0333. The summed E-state index contributed by atoms with van der Waals surface area (Å²) in [5.41, 5.74) is 4.29. The standard InChI is InChI=1S/C30H21ClN6O3/c1-40-25-10-9-21(16-33-25)34-30(39)35-24-15-20-13-22(19-12-18-8-5-11-32-27(18)23(31)14-19)26(17-6-3-2-4-7-17)36-28(20)37-29(24)38/h2-16H,1H3,(H2,34,35,39)(H,36,37,38). The van der Waals surface area contributed by atoms with Gasteiger partial charge in [0, 0.05) is 34.2 Å². The maximum Gasteiger partial charge on any atom is 0.323 e. The number of pyridine rings is 4. The Hall–Kier alpha value is -5.28. The number of carbonyl (C=O) groups is 1. The predicted molar refractivity (Wildman–Crippen MR) is 157 cm³/mol. The second-order valence-corrected chi connectivity index (χ2v) is 9.31. The van der Waals surface area contributed by atoms with Crippen LogP contribution in [-0.4, -0.2) is 33.1 Å². The van der Waals surface area contributed by atoms with Gasteiger partial charge in [0.05, 0.1) is 35.2 Å². The van der Waals surface area contributed by atoms with Gasteiger partial charge in [-0.2, -0.15) is 0 Å². The van der Waals surface area contributed by atoms with Crippen molar-refractivity contribution in [2.75, 3.05) is 17.7 Å². The molecule has 2 aromatic carbocycles. The zero-order valence-corrected chi connectivity index (χ0v) is 21.9. The number of urea groups is 1. The molecule has 4 heterocycles. The molecule has 4 aromatic heterocycles. The van der Waals surface area contributed by atoms with Gasteiger partial charge < -0.3 is 20.4 Å². The highest BCUT2D eigenvalue weighted by Crippen LogP contribution is 2.36. The Labute approximate surface area is 232 Å². The first-order valence-corrected chi connectivity index (χ1v) is 12.6. The molecule has 0 atom stereocenters. The van der Waals surface area contributed by atoms with E-state index in [0.717, 1.165) is 22.1 Å². The number of methoxy groups -OCH3 is 1. The van der Waals surface area contributed by atoms with E-state index < -0.39 is 11.6 Å². The third-order valence-electron chi connectivity index (χ3n) is 6.30. The second kappa shape index (κ2) is 10.5. The van der Waals surface area contributed by atoms with E-state index in [-0.39, 0.29) is 5.69 Å². The minimum absolute atomic E-state index is 0.0624. The number of H-pyrrole nitrogens is 1. The molecule has 3 N–H and O–H groups in total. The molecule has 40 heavy (non-hydrogen) atoms. The molecular formula is C30H21ClN6O3. The molecule has 0 aliphatic heterocycles. The number of anilines is 2. The summed E-state index contributed by atoms with van der Waals surface area (Å²) >= 11 is 6.62. The Bertz CT molecular complexity index is 1940. The number of hydrogen-bond acceptors (Lipinski definition) is 6. The number of carbonyl (C=O) groups excluding carboxylic acids is 1. The first-order chi connectivity index (χ1) is 19.5. The highest BCUT2D eigenvalue weighted by molar-refractivity contribution is 6.35. The van der Waals surface area contributed by atoms with Crippen LogP contribution in [0, 0.1) is 0 Å². The lowest BCUT2D eigenvalue weighted by molar-refractivity contribution is 0.262. The number of ether oxygens (including phenoxy) is 1. The highest BCUT2D eigenvalue weighted by atomic mass is 35.5. The van der Waals surface area contributed by atoms with Crippen LogP contribution in [0.4, 0.5) is 16.2 Å². The smallest absolute Gasteiger partial charge is 0.323 e. The van der Waals surface area contributed by atoms with Crippen molar-refractivity contribution >= 4 is 50.9 Å². The van der Waals surface area contributed by atoms with Crippen LogP contribution in [0.5, 0.6) is 5.88 Å². The maximum absolute atomic E-state index is 12.9. The van der Waals surface area contributed by atoms with Crippen LogP contribution in [0.1, 0.15) is 0 Å². The maximum atomic E-state index is 12.9.